The van der Waals surface area contributed by atoms with E-state index in [0.717, 1.165) is 19.0 Å². The molecule has 1 aliphatic rings. The Hall–Kier alpha value is -0.830. The van der Waals surface area contributed by atoms with Crippen molar-refractivity contribution in [3.8, 4) is 0 Å². The third-order valence-electron chi connectivity index (χ3n) is 2.82. The molecule has 0 radical (unpaired) electrons. The summed E-state index contributed by atoms with van der Waals surface area (Å²) in [6, 6.07) is 2.09. The molecule has 0 amide bonds. The third-order valence-corrected chi connectivity index (χ3v) is 2.82. The summed E-state index contributed by atoms with van der Waals surface area (Å²) in [5.41, 5.74) is 1.30. The summed E-state index contributed by atoms with van der Waals surface area (Å²) < 4.78 is 2.14. The van der Waals surface area contributed by atoms with E-state index < -0.39 is 0 Å². The van der Waals surface area contributed by atoms with E-state index in [1.165, 1.54) is 25.0 Å². The van der Waals surface area contributed by atoms with Crippen LogP contribution in [0.15, 0.2) is 12.3 Å². The quantitative estimate of drug-likeness (QED) is 0.757. The number of aromatic nitrogens is 2. The highest BCUT2D eigenvalue weighted by Crippen LogP contribution is 2.27. The minimum absolute atomic E-state index is 0.885. The molecule has 1 aromatic heterocycles. The van der Waals surface area contributed by atoms with Crippen molar-refractivity contribution in [2.24, 2.45) is 5.92 Å². The van der Waals surface area contributed by atoms with Gasteiger partial charge in [0.25, 0.3) is 0 Å². The van der Waals surface area contributed by atoms with Gasteiger partial charge >= 0.3 is 0 Å². The Morgan fingerprint density at radius 1 is 1.62 bits per heavy atom. The second-order valence-corrected chi connectivity index (χ2v) is 3.83. The number of nitrogens with zero attached hydrogens (tertiary/aromatic N) is 2. The molecule has 0 aromatic carbocycles. The van der Waals surface area contributed by atoms with Gasteiger partial charge in [-0.05, 0) is 31.9 Å². The molecular formula is C10H17N3. The van der Waals surface area contributed by atoms with Gasteiger partial charge in [0, 0.05) is 19.3 Å². The van der Waals surface area contributed by atoms with Gasteiger partial charge in [0.2, 0.25) is 0 Å². The molecular weight excluding hydrogens is 162 g/mol. The van der Waals surface area contributed by atoms with Crippen molar-refractivity contribution in [1.29, 1.82) is 0 Å². The van der Waals surface area contributed by atoms with Crippen molar-refractivity contribution in [2.45, 2.75) is 32.4 Å². The topological polar surface area (TPSA) is 29.9 Å². The Labute approximate surface area is 79.1 Å². The average Bonchev–Trinajstić information content (AvgIpc) is 2.46. The molecule has 0 unspecified atom stereocenters. The third kappa shape index (κ3) is 1.91. The molecule has 72 valence electrons. The zero-order valence-electron chi connectivity index (χ0n) is 8.16. The van der Waals surface area contributed by atoms with Crippen molar-refractivity contribution in [3.63, 3.8) is 0 Å². The normalized spacial score (nSPS) is 17.3. The summed E-state index contributed by atoms with van der Waals surface area (Å²) in [6.45, 7) is 2.04. The highest BCUT2D eigenvalue weighted by molar-refractivity contribution is 5.00. The van der Waals surface area contributed by atoms with Crippen LogP contribution in [-0.4, -0.2) is 16.8 Å². The number of nitrogens with one attached hydrogen (secondary N) is 1. The SMILES string of the molecule is CNCc1ccnn1CC1CCC1. The van der Waals surface area contributed by atoms with Crippen molar-refractivity contribution < 1.29 is 0 Å². The molecule has 0 aliphatic heterocycles. The standard InChI is InChI=1S/C10H17N3/c1-11-7-10-5-6-12-13(10)8-9-3-2-4-9/h5-6,9,11H,2-4,7-8H2,1H3. The molecule has 1 aliphatic carbocycles. The number of rotatable bonds is 4. The first-order valence-corrected chi connectivity index (χ1v) is 5.05. The maximum Gasteiger partial charge on any atom is 0.0522 e. The van der Waals surface area contributed by atoms with Crippen LogP contribution in [0, 0.1) is 5.92 Å². The highest BCUT2D eigenvalue weighted by atomic mass is 15.3. The zero-order chi connectivity index (χ0) is 9.10. The first-order chi connectivity index (χ1) is 6.40. The van der Waals surface area contributed by atoms with E-state index in [9.17, 15) is 0 Å². The van der Waals surface area contributed by atoms with Gasteiger partial charge in [-0.25, -0.2) is 0 Å². The number of hydrogen-bond acceptors (Lipinski definition) is 2. The van der Waals surface area contributed by atoms with E-state index >= 15 is 0 Å². The molecule has 1 aromatic rings. The predicted octanol–water partition coefficient (Wildman–Crippen LogP) is 1.40. The average molecular weight is 179 g/mol. The van der Waals surface area contributed by atoms with Crippen LogP contribution in [-0.2, 0) is 13.1 Å². The fraction of sp³-hybridized carbons (Fsp3) is 0.700. The Balaban J connectivity index is 1.96. The second-order valence-electron chi connectivity index (χ2n) is 3.83. The summed E-state index contributed by atoms with van der Waals surface area (Å²) in [5, 5.41) is 7.49. The van der Waals surface area contributed by atoms with Gasteiger partial charge in [-0.1, -0.05) is 6.42 Å². The lowest BCUT2D eigenvalue weighted by Gasteiger charge is -2.25. The molecule has 1 N–H and O–H groups in total. The molecule has 1 fully saturated rings. The van der Waals surface area contributed by atoms with Crippen LogP contribution in [0.3, 0.4) is 0 Å². The summed E-state index contributed by atoms with van der Waals surface area (Å²) in [6.07, 6.45) is 6.08. The highest BCUT2D eigenvalue weighted by Gasteiger charge is 2.18. The molecule has 1 heterocycles. The molecule has 0 spiro atoms. The van der Waals surface area contributed by atoms with E-state index in [-0.39, 0.29) is 0 Å². The van der Waals surface area contributed by atoms with Gasteiger partial charge in [0.1, 0.15) is 0 Å². The van der Waals surface area contributed by atoms with Crippen molar-refractivity contribution in [1.82, 2.24) is 15.1 Å². The van der Waals surface area contributed by atoms with Crippen molar-refractivity contribution >= 4 is 0 Å². The van der Waals surface area contributed by atoms with Crippen LogP contribution in [0.1, 0.15) is 25.0 Å². The maximum atomic E-state index is 4.33. The molecule has 3 heteroatoms. The van der Waals surface area contributed by atoms with Crippen molar-refractivity contribution in [2.75, 3.05) is 7.05 Å². The second kappa shape index (κ2) is 3.92. The summed E-state index contributed by atoms with van der Waals surface area (Å²) in [5.74, 6) is 0.885. The van der Waals surface area contributed by atoms with Crippen molar-refractivity contribution in [3.05, 3.63) is 18.0 Å². The van der Waals surface area contributed by atoms with Crippen LogP contribution < -0.4 is 5.32 Å². The van der Waals surface area contributed by atoms with E-state index in [1.54, 1.807) is 0 Å². The van der Waals surface area contributed by atoms with E-state index in [2.05, 4.69) is 21.2 Å². The van der Waals surface area contributed by atoms with Crippen LogP contribution in [0.5, 0.6) is 0 Å². The molecule has 0 saturated heterocycles. The van der Waals surface area contributed by atoms with Crippen LogP contribution in [0.25, 0.3) is 0 Å². The van der Waals surface area contributed by atoms with Crippen LogP contribution in [0.2, 0.25) is 0 Å². The van der Waals surface area contributed by atoms with E-state index in [0.29, 0.717) is 0 Å². The first kappa shape index (κ1) is 8.75. The zero-order valence-corrected chi connectivity index (χ0v) is 8.16. The van der Waals surface area contributed by atoms with Crippen LogP contribution in [0.4, 0.5) is 0 Å². The molecule has 2 rings (SSSR count). The molecule has 1 saturated carbocycles. The number of hydrogen-bond donors (Lipinski definition) is 1. The van der Waals surface area contributed by atoms with Gasteiger partial charge in [-0.2, -0.15) is 5.10 Å². The lowest BCUT2D eigenvalue weighted by atomic mass is 9.85. The smallest absolute Gasteiger partial charge is 0.0522 e. The minimum Gasteiger partial charge on any atom is -0.314 e. The maximum absolute atomic E-state index is 4.33. The van der Waals surface area contributed by atoms with Gasteiger partial charge in [-0.15, -0.1) is 0 Å². The van der Waals surface area contributed by atoms with E-state index in [1.807, 2.05) is 13.2 Å². The fourth-order valence-corrected chi connectivity index (χ4v) is 1.78. The Kier molecular flexibility index (Phi) is 2.64. The Morgan fingerprint density at radius 3 is 3.08 bits per heavy atom. The fourth-order valence-electron chi connectivity index (χ4n) is 1.78. The van der Waals surface area contributed by atoms with E-state index in [4.69, 9.17) is 0 Å². The Bertz CT molecular complexity index is 263. The summed E-state index contributed by atoms with van der Waals surface area (Å²) in [7, 11) is 1.97. The minimum atomic E-state index is 0.885. The van der Waals surface area contributed by atoms with Gasteiger partial charge in [-0.3, -0.25) is 4.68 Å². The van der Waals surface area contributed by atoms with Gasteiger partial charge in [0.05, 0.1) is 5.69 Å². The summed E-state index contributed by atoms with van der Waals surface area (Å²) in [4.78, 5) is 0. The predicted molar refractivity (Wildman–Crippen MR) is 52.3 cm³/mol. The lowest BCUT2D eigenvalue weighted by Crippen LogP contribution is -2.21. The summed E-state index contributed by atoms with van der Waals surface area (Å²) >= 11 is 0. The largest absolute Gasteiger partial charge is 0.314 e. The lowest BCUT2D eigenvalue weighted by molar-refractivity contribution is 0.263. The molecule has 13 heavy (non-hydrogen) atoms. The molecule has 3 nitrogen and oxygen atoms in total. The Morgan fingerprint density at radius 2 is 2.46 bits per heavy atom. The first-order valence-electron chi connectivity index (χ1n) is 5.05. The monoisotopic (exact) mass is 179 g/mol. The molecule has 0 bridgehead atoms. The molecule has 0 atom stereocenters. The van der Waals surface area contributed by atoms with Gasteiger partial charge < -0.3 is 5.32 Å². The van der Waals surface area contributed by atoms with Gasteiger partial charge in [0.15, 0.2) is 0 Å². The van der Waals surface area contributed by atoms with Crippen LogP contribution >= 0.6 is 0 Å².